The Bertz CT molecular complexity index is 712. The molecule has 2 aromatic carbocycles. The van der Waals surface area contributed by atoms with Crippen molar-refractivity contribution in [2.75, 3.05) is 0 Å². The topological polar surface area (TPSA) is 27.8 Å². The highest BCUT2D eigenvalue weighted by molar-refractivity contribution is 5.82. The van der Waals surface area contributed by atoms with Crippen LogP contribution in [0.15, 0.2) is 54.7 Å². The van der Waals surface area contributed by atoms with Crippen LogP contribution in [0.1, 0.15) is 29.7 Å². The Morgan fingerprint density at radius 2 is 1.80 bits per heavy atom. The zero-order valence-electron chi connectivity index (χ0n) is 12.0. The Morgan fingerprint density at radius 3 is 2.65 bits per heavy atom. The van der Waals surface area contributed by atoms with Crippen LogP contribution < -0.4 is 5.32 Å². The molecule has 2 N–H and O–H groups in total. The smallest absolute Gasteiger partial charge is 0.0457 e. The molecule has 0 fully saturated rings. The summed E-state index contributed by atoms with van der Waals surface area (Å²) in [6.07, 6.45) is 2.10. The number of fused-ring (bicyclic) bond motifs is 1. The summed E-state index contributed by atoms with van der Waals surface area (Å²) < 4.78 is 0. The number of aromatic amines is 1. The lowest BCUT2D eigenvalue weighted by atomic mass is 10.0. The first-order valence-electron chi connectivity index (χ1n) is 7.09. The van der Waals surface area contributed by atoms with E-state index in [9.17, 15) is 0 Å². The van der Waals surface area contributed by atoms with E-state index in [-0.39, 0.29) is 0 Å². The summed E-state index contributed by atoms with van der Waals surface area (Å²) in [5, 5.41) is 4.92. The van der Waals surface area contributed by atoms with Gasteiger partial charge < -0.3 is 10.3 Å². The molecule has 0 radical (unpaired) electrons. The molecule has 102 valence electrons. The third-order valence-corrected chi connectivity index (χ3v) is 3.93. The quantitative estimate of drug-likeness (QED) is 0.721. The number of aromatic nitrogens is 1. The van der Waals surface area contributed by atoms with Gasteiger partial charge in [-0.1, -0.05) is 42.5 Å². The van der Waals surface area contributed by atoms with Gasteiger partial charge in [-0.25, -0.2) is 0 Å². The van der Waals surface area contributed by atoms with Gasteiger partial charge in [0.25, 0.3) is 0 Å². The van der Waals surface area contributed by atoms with Crippen LogP contribution in [-0.4, -0.2) is 4.98 Å². The van der Waals surface area contributed by atoms with Gasteiger partial charge in [-0.2, -0.15) is 0 Å². The lowest BCUT2D eigenvalue weighted by Crippen LogP contribution is -2.18. The van der Waals surface area contributed by atoms with Crippen molar-refractivity contribution < 1.29 is 0 Å². The van der Waals surface area contributed by atoms with E-state index < -0.39 is 0 Å². The van der Waals surface area contributed by atoms with Crippen molar-refractivity contribution in [3.05, 3.63) is 71.4 Å². The van der Waals surface area contributed by atoms with Crippen LogP contribution in [0.3, 0.4) is 0 Å². The molecule has 1 heterocycles. The van der Waals surface area contributed by atoms with Crippen LogP contribution in [0.4, 0.5) is 0 Å². The Hall–Kier alpha value is -2.06. The molecule has 3 rings (SSSR count). The lowest BCUT2D eigenvalue weighted by Gasteiger charge is -2.16. The number of benzene rings is 2. The lowest BCUT2D eigenvalue weighted by molar-refractivity contribution is 0.574. The molecule has 1 aromatic heterocycles. The molecule has 0 spiro atoms. The minimum atomic E-state index is 0.352. The first-order valence-corrected chi connectivity index (χ1v) is 7.09. The summed E-state index contributed by atoms with van der Waals surface area (Å²) in [6.45, 7) is 5.26. The third-order valence-electron chi connectivity index (χ3n) is 3.93. The van der Waals surface area contributed by atoms with Gasteiger partial charge in [0.05, 0.1) is 0 Å². The molecule has 0 saturated carbocycles. The van der Waals surface area contributed by atoms with E-state index in [1.54, 1.807) is 0 Å². The molecule has 0 unspecified atom stereocenters. The highest BCUT2D eigenvalue weighted by atomic mass is 14.9. The number of para-hydroxylation sites is 1. The number of H-pyrrole nitrogens is 1. The standard InChI is InChI=1S/C18H20N2/c1-13-7-3-4-8-16(13)14(2)19-11-15-12-20-18-10-6-5-9-17(15)18/h3-10,12,14,19-20H,11H2,1-2H3/t14-/m0/s1. The van der Waals surface area contributed by atoms with Gasteiger partial charge in [-0.15, -0.1) is 0 Å². The molecule has 1 atom stereocenters. The highest BCUT2D eigenvalue weighted by Crippen LogP contribution is 2.20. The minimum Gasteiger partial charge on any atom is -0.361 e. The maximum absolute atomic E-state index is 3.61. The van der Waals surface area contributed by atoms with Crippen molar-refractivity contribution >= 4 is 10.9 Å². The fourth-order valence-electron chi connectivity index (χ4n) is 2.72. The van der Waals surface area contributed by atoms with Gasteiger partial charge >= 0.3 is 0 Å². The number of hydrogen-bond acceptors (Lipinski definition) is 1. The van der Waals surface area contributed by atoms with Gasteiger partial charge in [0.1, 0.15) is 0 Å². The molecule has 20 heavy (non-hydrogen) atoms. The molecule has 0 saturated heterocycles. The zero-order chi connectivity index (χ0) is 13.9. The Kier molecular flexibility index (Phi) is 3.57. The maximum atomic E-state index is 3.61. The summed E-state index contributed by atoms with van der Waals surface area (Å²) in [7, 11) is 0. The normalized spacial score (nSPS) is 12.7. The van der Waals surface area contributed by atoms with Crippen molar-refractivity contribution in [1.82, 2.24) is 10.3 Å². The van der Waals surface area contributed by atoms with Crippen LogP contribution in [0, 0.1) is 6.92 Å². The van der Waals surface area contributed by atoms with Gasteiger partial charge in [0.2, 0.25) is 0 Å². The number of rotatable bonds is 4. The van der Waals surface area contributed by atoms with E-state index in [1.807, 2.05) is 0 Å². The molecular formula is C18H20N2. The summed E-state index contributed by atoms with van der Waals surface area (Å²) in [6, 6.07) is 17.3. The first-order chi connectivity index (χ1) is 9.75. The minimum absolute atomic E-state index is 0.352. The van der Waals surface area contributed by atoms with Crippen molar-refractivity contribution in [2.24, 2.45) is 0 Å². The summed E-state index contributed by atoms with van der Waals surface area (Å²) in [5.74, 6) is 0. The fourth-order valence-corrected chi connectivity index (χ4v) is 2.72. The molecule has 0 aliphatic rings. The van der Waals surface area contributed by atoms with Gasteiger partial charge in [-0.05, 0) is 36.6 Å². The fraction of sp³-hybridized carbons (Fsp3) is 0.222. The summed E-state index contributed by atoms with van der Waals surface area (Å²) in [4.78, 5) is 3.32. The second-order valence-corrected chi connectivity index (χ2v) is 5.32. The van der Waals surface area contributed by atoms with Crippen molar-refractivity contribution in [1.29, 1.82) is 0 Å². The first kappa shape index (κ1) is 12.9. The molecule has 0 aliphatic carbocycles. The second-order valence-electron chi connectivity index (χ2n) is 5.32. The average Bonchev–Trinajstić information content (AvgIpc) is 2.88. The van der Waals surface area contributed by atoms with E-state index in [0.29, 0.717) is 6.04 Å². The molecule has 0 aliphatic heterocycles. The predicted molar refractivity (Wildman–Crippen MR) is 84.7 cm³/mol. The van der Waals surface area contributed by atoms with Crippen molar-refractivity contribution in [3.8, 4) is 0 Å². The molecule has 0 amide bonds. The zero-order valence-corrected chi connectivity index (χ0v) is 12.0. The van der Waals surface area contributed by atoms with Crippen LogP contribution >= 0.6 is 0 Å². The van der Waals surface area contributed by atoms with E-state index in [4.69, 9.17) is 0 Å². The monoisotopic (exact) mass is 264 g/mol. The van der Waals surface area contributed by atoms with Crippen LogP contribution in [0.25, 0.3) is 10.9 Å². The van der Waals surface area contributed by atoms with Gasteiger partial charge in [-0.3, -0.25) is 0 Å². The van der Waals surface area contributed by atoms with Crippen LogP contribution in [0.5, 0.6) is 0 Å². The van der Waals surface area contributed by atoms with Gasteiger partial charge in [0.15, 0.2) is 0 Å². The van der Waals surface area contributed by atoms with Crippen molar-refractivity contribution in [2.45, 2.75) is 26.4 Å². The van der Waals surface area contributed by atoms with E-state index >= 15 is 0 Å². The SMILES string of the molecule is Cc1ccccc1[C@H](C)NCc1c[nH]c2ccccc12. The van der Waals surface area contributed by atoms with E-state index in [1.165, 1.54) is 27.6 Å². The summed E-state index contributed by atoms with van der Waals surface area (Å²) >= 11 is 0. The molecule has 3 aromatic rings. The highest BCUT2D eigenvalue weighted by Gasteiger charge is 2.08. The van der Waals surface area contributed by atoms with Gasteiger partial charge in [0, 0.05) is 29.7 Å². The Labute approximate surface area is 119 Å². The second kappa shape index (κ2) is 5.51. The molecular weight excluding hydrogens is 244 g/mol. The molecule has 0 bridgehead atoms. The summed E-state index contributed by atoms with van der Waals surface area (Å²) in [5.41, 5.74) is 5.23. The number of aryl methyl sites for hydroxylation is 1. The van der Waals surface area contributed by atoms with Crippen molar-refractivity contribution in [3.63, 3.8) is 0 Å². The predicted octanol–water partition coefficient (Wildman–Crippen LogP) is 4.33. The number of nitrogens with one attached hydrogen (secondary N) is 2. The van der Waals surface area contributed by atoms with E-state index in [2.05, 4.69) is 78.9 Å². The largest absolute Gasteiger partial charge is 0.361 e. The number of hydrogen-bond donors (Lipinski definition) is 2. The van der Waals surface area contributed by atoms with Crippen LogP contribution in [-0.2, 0) is 6.54 Å². The third kappa shape index (κ3) is 2.47. The molecule has 2 heteroatoms. The average molecular weight is 264 g/mol. The maximum Gasteiger partial charge on any atom is 0.0457 e. The Balaban J connectivity index is 1.75. The Morgan fingerprint density at radius 1 is 1.05 bits per heavy atom. The molecule has 2 nitrogen and oxygen atoms in total. The van der Waals surface area contributed by atoms with E-state index in [0.717, 1.165) is 6.54 Å². The van der Waals surface area contributed by atoms with Crippen LogP contribution in [0.2, 0.25) is 0 Å².